The molecule has 0 aromatic rings. The fourth-order valence-corrected chi connectivity index (χ4v) is 3.94. The molecule has 0 N–H and O–H groups in total. The number of esters is 2. The molecule has 0 aromatic carbocycles. The Morgan fingerprint density at radius 3 is 2.40 bits per heavy atom. The van der Waals surface area contributed by atoms with Crippen molar-refractivity contribution < 1.29 is 19.1 Å². The highest BCUT2D eigenvalue weighted by Crippen LogP contribution is 2.47. The van der Waals surface area contributed by atoms with Crippen molar-refractivity contribution in [2.45, 2.75) is 70.8 Å². The maximum absolute atomic E-state index is 11.8. The van der Waals surface area contributed by atoms with E-state index in [1.54, 1.807) is 0 Å². The number of carbonyl (C=O) groups excluding carboxylic acids is 2. The number of fused-ring (bicyclic) bond motifs is 2. The van der Waals surface area contributed by atoms with Crippen molar-refractivity contribution in [3.05, 3.63) is 0 Å². The summed E-state index contributed by atoms with van der Waals surface area (Å²) in [6.45, 7) is 3.60. The second-order valence-corrected chi connectivity index (χ2v) is 6.41. The quantitative estimate of drug-likeness (QED) is 0.726. The van der Waals surface area contributed by atoms with E-state index in [2.05, 4.69) is 0 Å². The first-order chi connectivity index (χ1) is 9.53. The summed E-state index contributed by atoms with van der Waals surface area (Å²) in [5.41, 5.74) is -0.392. The zero-order chi connectivity index (χ0) is 14.6. The Labute approximate surface area is 121 Å². The third kappa shape index (κ3) is 3.97. The lowest BCUT2D eigenvalue weighted by atomic mass is 9.65. The van der Waals surface area contributed by atoms with Gasteiger partial charge in [-0.1, -0.05) is 26.2 Å². The van der Waals surface area contributed by atoms with Gasteiger partial charge in [0, 0.05) is 19.8 Å². The van der Waals surface area contributed by atoms with Gasteiger partial charge in [-0.25, -0.2) is 0 Å². The lowest BCUT2D eigenvalue weighted by Crippen LogP contribution is -2.45. The Morgan fingerprint density at radius 1 is 1.20 bits per heavy atom. The van der Waals surface area contributed by atoms with Gasteiger partial charge in [-0.15, -0.1) is 0 Å². The first-order valence-electron chi connectivity index (χ1n) is 7.88. The molecule has 2 aliphatic rings. The van der Waals surface area contributed by atoms with Gasteiger partial charge in [-0.2, -0.15) is 0 Å². The van der Waals surface area contributed by atoms with Crippen LogP contribution in [0.15, 0.2) is 0 Å². The second-order valence-electron chi connectivity index (χ2n) is 6.41. The standard InChI is InChI=1S/C16H26O4/c1-3-15(18)20-16(7-8-19-12(2)17)10-13-5-4-6-14(9-13)11-16/h13-14H,3-11H2,1-2H3. The van der Waals surface area contributed by atoms with E-state index in [-0.39, 0.29) is 11.9 Å². The Morgan fingerprint density at radius 2 is 1.85 bits per heavy atom. The highest BCUT2D eigenvalue weighted by molar-refractivity contribution is 5.69. The third-order valence-electron chi connectivity index (χ3n) is 4.69. The van der Waals surface area contributed by atoms with Crippen LogP contribution in [-0.2, 0) is 19.1 Å². The maximum atomic E-state index is 11.8. The van der Waals surface area contributed by atoms with E-state index in [0.29, 0.717) is 31.3 Å². The summed E-state index contributed by atoms with van der Waals surface area (Å²) >= 11 is 0. The van der Waals surface area contributed by atoms with E-state index in [1.165, 1.54) is 32.6 Å². The molecule has 0 saturated heterocycles. The second kappa shape index (κ2) is 6.59. The number of ether oxygens (including phenoxy) is 2. The van der Waals surface area contributed by atoms with E-state index >= 15 is 0 Å². The molecule has 0 spiro atoms. The number of carbonyl (C=O) groups is 2. The third-order valence-corrected chi connectivity index (χ3v) is 4.69. The van der Waals surface area contributed by atoms with Crippen LogP contribution in [0.5, 0.6) is 0 Å². The monoisotopic (exact) mass is 282 g/mol. The van der Waals surface area contributed by atoms with Gasteiger partial charge in [-0.3, -0.25) is 9.59 Å². The van der Waals surface area contributed by atoms with Crippen molar-refractivity contribution in [3.8, 4) is 0 Å². The van der Waals surface area contributed by atoms with Crippen LogP contribution >= 0.6 is 0 Å². The molecular formula is C16H26O4. The van der Waals surface area contributed by atoms with Crippen molar-refractivity contribution in [2.75, 3.05) is 6.61 Å². The molecule has 0 heterocycles. The molecule has 4 heteroatoms. The summed E-state index contributed by atoms with van der Waals surface area (Å²) in [6.07, 6.45) is 8.00. The molecule has 20 heavy (non-hydrogen) atoms. The van der Waals surface area contributed by atoms with Crippen molar-refractivity contribution in [2.24, 2.45) is 11.8 Å². The summed E-state index contributed by atoms with van der Waals surface area (Å²) in [6, 6.07) is 0. The molecule has 4 nitrogen and oxygen atoms in total. The molecule has 114 valence electrons. The Bertz CT molecular complexity index is 351. The zero-order valence-corrected chi connectivity index (χ0v) is 12.7. The van der Waals surface area contributed by atoms with Crippen LogP contribution < -0.4 is 0 Å². The van der Waals surface area contributed by atoms with Gasteiger partial charge in [0.15, 0.2) is 0 Å². The first-order valence-corrected chi connectivity index (χ1v) is 7.88. The van der Waals surface area contributed by atoms with E-state index in [1.807, 2.05) is 6.92 Å². The molecule has 2 saturated carbocycles. The van der Waals surface area contributed by atoms with Crippen LogP contribution in [-0.4, -0.2) is 24.1 Å². The lowest BCUT2D eigenvalue weighted by molar-refractivity contribution is -0.172. The summed E-state index contributed by atoms with van der Waals surface area (Å²) in [4.78, 5) is 22.7. The fraction of sp³-hybridized carbons (Fsp3) is 0.875. The summed E-state index contributed by atoms with van der Waals surface area (Å²) in [5, 5.41) is 0. The highest BCUT2D eigenvalue weighted by atomic mass is 16.6. The first kappa shape index (κ1) is 15.3. The average Bonchev–Trinajstić information content (AvgIpc) is 2.37. The Kier molecular flexibility index (Phi) is 5.06. The molecular weight excluding hydrogens is 256 g/mol. The molecule has 2 bridgehead atoms. The van der Waals surface area contributed by atoms with Crippen LogP contribution in [0.1, 0.15) is 65.2 Å². The minimum Gasteiger partial charge on any atom is -0.466 e. The Balaban J connectivity index is 2.02. The minimum atomic E-state index is -0.392. The predicted octanol–water partition coefficient (Wildman–Crippen LogP) is 3.23. The van der Waals surface area contributed by atoms with E-state index in [4.69, 9.17) is 9.47 Å². The normalized spacial score (nSPS) is 32.5. The van der Waals surface area contributed by atoms with Crippen LogP contribution in [0.4, 0.5) is 0 Å². The van der Waals surface area contributed by atoms with Gasteiger partial charge < -0.3 is 9.47 Å². The van der Waals surface area contributed by atoms with E-state index in [0.717, 1.165) is 12.8 Å². The largest absolute Gasteiger partial charge is 0.466 e. The van der Waals surface area contributed by atoms with Crippen LogP contribution in [0, 0.1) is 11.8 Å². The van der Waals surface area contributed by atoms with E-state index in [9.17, 15) is 9.59 Å². The molecule has 2 aliphatic carbocycles. The minimum absolute atomic E-state index is 0.132. The fourth-order valence-electron chi connectivity index (χ4n) is 3.94. The topological polar surface area (TPSA) is 52.6 Å². The summed E-state index contributed by atoms with van der Waals surface area (Å²) in [7, 11) is 0. The molecule has 0 amide bonds. The maximum Gasteiger partial charge on any atom is 0.306 e. The molecule has 0 aromatic heterocycles. The summed E-state index contributed by atoms with van der Waals surface area (Å²) in [5.74, 6) is 0.944. The highest BCUT2D eigenvalue weighted by Gasteiger charge is 2.44. The van der Waals surface area contributed by atoms with Crippen molar-refractivity contribution >= 4 is 11.9 Å². The van der Waals surface area contributed by atoms with Crippen LogP contribution in [0.25, 0.3) is 0 Å². The number of rotatable bonds is 5. The average molecular weight is 282 g/mol. The van der Waals surface area contributed by atoms with Crippen molar-refractivity contribution in [3.63, 3.8) is 0 Å². The van der Waals surface area contributed by atoms with Gasteiger partial charge in [0.1, 0.15) is 5.60 Å². The lowest BCUT2D eigenvalue weighted by Gasteiger charge is -2.46. The predicted molar refractivity (Wildman–Crippen MR) is 75.0 cm³/mol. The van der Waals surface area contributed by atoms with Crippen LogP contribution in [0.3, 0.4) is 0 Å². The van der Waals surface area contributed by atoms with Gasteiger partial charge in [-0.05, 0) is 31.1 Å². The summed E-state index contributed by atoms with van der Waals surface area (Å²) < 4.78 is 10.9. The molecule has 2 rings (SSSR count). The van der Waals surface area contributed by atoms with E-state index < -0.39 is 5.60 Å². The zero-order valence-electron chi connectivity index (χ0n) is 12.7. The van der Waals surface area contributed by atoms with Crippen molar-refractivity contribution in [1.29, 1.82) is 0 Å². The molecule has 2 unspecified atom stereocenters. The molecule has 2 fully saturated rings. The molecule has 0 radical (unpaired) electrons. The molecule has 2 atom stereocenters. The van der Waals surface area contributed by atoms with Gasteiger partial charge in [0.2, 0.25) is 0 Å². The van der Waals surface area contributed by atoms with Crippen molar-refractivity contribution in [1.82, 2.24) is 0 Å². The smallest absolute Gasteiger partial charge is 0.306 e. The number of hydrogen-bond donors (Lipinski definition) is 0. The van der Waals surface area contributed by atoms with Crippen LogP contribution in [0.2, 0.25) is 0 Å². The molecule has 0 aliphatic heterocycles. The van der Waals surface area contributed by atoms with Gasteiger partial charge >= 0.3 is 11.9 Å². The van der Waals surface area contributed by atoms with Gasteiger partial charge in [0.25, 0.3) is 0 Å². The Hall–Kier alpha value is -1.06. The number of hydrogen-bond acceptors (Lipinski definition) is 4. The van der Waals surface area contributed by atoms with Gasteiger partial charge in [0.05, 0.1) is 6.61 Å². The SMILES string of the molecule is CCC(=O)OC1(CCOC(C)=O)CC2CCCC(C2)C1.